The Bertz CT molecular complexity index is 7010. The lowest BCUT2D eigenvalue weighted by molar-refractivity contribution is 0.992. The fourth-order valence-electron chi connectivity index (χ4n) is 14.2. The Kier molecular flexibility index (Phi) is 27.7. The highest BCUT2D eigenvalue weighted by atomic mass is 15.1. The molecular weight excluding hydrogens is 1600 g/mol. The third-order valence-electron chi connectivity index (χ3n) is 20.6. The molecule has 130 heavy (non-hydrogen) atoms. The number of rotatable bonds is 13. The van der Waals surface area contributed by atoms with Gasteiger partial charge in [-0.2, -0.15) is 15.0 Å². The molecule has 6 aromatic heterocycles. The largest absolute Gasteiger partial charge is 0.368 e. The number of benzene rings is 15. The average Bonchev–Trinajstić information content (AvgIpc) is 0.800. The summed E-state index contributed by atoms with van der Waals surface area (Å²) in [4.78, 5) is 75.6. The zero-order valence-corrected chi connectivity index (χ0v) is 72.4. The van der Waals surface area contributed by atoms with Gasteiger partial charge in [-0.3, -0.25) is 0 Å². The molecule has 0 spiro atoms. The fraction of sp³-hybridized carbons (Fsp3) is 0.0541. The predicted molar refractivity (Wildman–Crippen MR) is 524 cm³/mol. The van der Waals surface area contributed by atoms with Crippen molar-refractivity contribution in [3.05, 3.63) is 441 Å². The van der Waals surface area contributed by atoms with E-state index in [0.29, 0.717) is 69.9 Å². The van der Waals surface area contributed by atoms with E-state index in [0.717, 1.165) is 89.7 Å². The maximum absolute atomic E-state index is 5.22. The van der Waals surface area contributed by atoms with Crippen LogP contribution in [0.5, 0.6) is 0 Å². The molecule has 0 aliphatic heterocycles. The van der Waals surface area contributed by atoms with Crippen LogP contribution in [0, 0.1) is 41.5 Å². The molecule has 0 bridgehead atoms. The summed E-state index contributed by atoms with van der Waals surface area (Å²) in [6.45, 7) is 11.6. The second-order valence-electron chi connectivity index (χ2n) is 30.3. The molecule has 0 atom stereocenters. The summed E-state index contributed by atoms with van der Waals surface area (Å²) in [6.07, 6.45) is 1.78. The van der Waals surface area contributed by atoms with Gasteiger partial charge in [0.2, 0.25) is 11.9 Å². The molecule has 0 unspecified atom stereocenters. The van der Waals surface area contributed by atoms with Crippen molar-refractivity contribution in [3.63, 3.8) is 0 Å². The maximum Gasteiger partial charge on any atom is 0.225 e. The molecule has 0 fully saturated rings. The number of aromatic nitrogens is 17. The van der Waals surface area contributed by atoms with Crippen LogP contribution in [0.1, 0.15) is 34.4 Å². The van der Waals surface area contributed by atoms with Gasteiger partial charge in [0, 0.05) is 67.4 Å². The smallest absolute Gasteiger partial charge is 0.225 e. The Labute approximate surface area is 754 Å². The Morgan fingerprint density at radius 3 is 0.762 bits per heavy atom. The molecule has 21 aromatic rings. The summed E-state index contributed by atoms with van der Waals surface area (Å²) in [5, 5.41) is 4.78. The van der Waals surface area contributed by atoms with Crippen molar-refractivity contribution in [2.45, 2.75) is 41.5 Å². The van der Waals surface area contributed by atoms with Crippen molar-refractivity contribution < 1.29 is 0 Å². The topological polar surface area (TPSA) is 271 Å². The van der Waals surface area contributed by atoms with Crippen LogP contribution < -0.4 is 11.5 Å². The number of nitrogens with two attached hydrogens (primary N) is 2. The van der Waals surface area contributed by atoms with Crippen LogP contribution in [-0.4, -0.2) is 84.7 Å². The molecule has 0 saturated heterocycles. The zero-order chi connectivity index (χ0) is 89.3. The summed E-state index contributed by atoms with van der Waals surface area (Å²) in [5.74, 6) is 10.0. The van der Waals surface area contributed by atoms with Gasteiger partial charge >= 0.3 is 0 Å². The van der Waals surface area contributed by atoms with Gasteiger partial charge in [0.05, 0.1) is 5.69 Å². The molecule has 15 aromatic carbocycles. The summed E-state index contributed by atoms with van der Waals surface area (Å²) in [6, 6.07) is 135. The number of hydrogen-bond acceptors (Lipinski definition) is 19. The Morgan fingerprint density at radius 1 is 0.154 bits per heavy atom. The first-order valence-electron chi connectivity index (χ1n) is 42.4. The number of nitrogens with zero attached hydrogens (tertiary/aromatic N) is 17. The first kappa shape index (κ1) is 86.1. The predicted octanol–water partition coefficient (Wildman–Crippen LogP) is 24.8. The molecule has 19 nitrogen and oxygen atoms in total. The third-order valence-corrected chi connectivity index (χ3v) is 20.6. The number of nitrogen functional groups attached to an aromatic ring is 2. The first-order valence-corrected chi connectivity index (χ1v) is 42.4. The van der Waals surface area contributed by atoms with Crippen LogP contribution in [0.3, 0.4) is 0 Å². The third kappa shape index (κ3) is 22.9. The molecular formula is C111H89N19. The standard InChI is InChI=1S/C28H21N3.C24H17N3.2C22H17N3.C11H10N2.C4H7N5/c1-20-29-27(25-16-8-14-23(18-25)21-10-4-2-5-11-21)31-28(30-20)26-17-9-15-24(19-26)22-12-6-3-7-13-22;1-16-25-23(21-12-10-17-6-2-4-8-19(17)14-21)27-24(26-16)22-13-11-18-7-3-5-9-20(18)15-22;1-16-9-8-14-19(15-16)22-24-20(17-10-4-2-5-11-17)23-21(25-22)18-12-6-3-7-13-18;1-16-12-14-19(15-13-16)22-24-20(17-8-4-2-5-9-17)23-21(25-22)18-10-6-3-7-11-18;1-9-12-8-7-11(13-9)10-5-3-2-4-6-10;1-2-7-3(5)9-4(6)8-2/h2-19H,1H3;2-15H,1H3;2*2-15H,1H3;2-8H,1H3;1H3,(H4,5,6,7,8,9). The molecule has 6 heterocycles. The SMILES string of the molecule is Cc1ccc(-c2nc(-c3ccccc3)nc(-c3ccccc3)n2)cc1.Cc1cccc(-c2nc(-c3ccccc3)nc(-c3ccccc3)n2)c1.Cc1nc(-c2ccc3ccccc3c2)nc(-c2ccc3ccccc3c2)n1.Cc1nc(-c2cccc(-c3ccccc3)c2)nc(-c2cccc(-c3ccccc3)c2)n1.Cc1nc(N)nc(N)n1.Cc1nccc(-c2ccccc2)n1. The molecule has 0 radical (unpaired) electrons. The van der Waals surface area contributed by atoms with Gasteiger partial charge in [-0.25, -0.2) is 69.8 Å². The molecule has 19 heteroatoms. The minimum atomic E-state index is 0.167. The second-order valence-corrected chi connectivity index (χ2v) is 30.3. The van der Waals surface area contributed by atoms with E-state index in [4.69, 9.17) is 51.3 Å². The van der Waals surface area contributed by atoms with Gasteiger partial charge in [0.25, 0.3) is 0 Å². The number of anilines is 2. The van der Waals surface area contributed by atoms with E-state index < -0.39 is 0 Å². The first-order chi connectivity index (χ1) is 63.6. The summed E-state index contributed by atoms with van der Waals surface area (Å²) in [7, 11) is 0. The Morgan fingerprint density at radius 2 is 0.415 bits per heavy atom. The summed E-state index contributed by atoms with van der Waals surface area (Å²) >= 11 is 0. The normalized spacial score (nSPS) is 10.6. The van der Waals surface area contributed by atoms with E-state index in [-0.39, 0.29) is 11.9 Å². The van der Waals surface area contributed by atoms with Crippen LogP contribution in [-0.2, 0) is 0 Å². The van der Waals surface area contributed by atoms with Gasteiger partial charge in [0.1, 0.15) is 23.3 Å². The average molecular weight is 1690 g/mol. The van der Waals surface area contributed by atoms with Crippen molar-refractivity contribution >= 4 is 33.4 Å². The van der Waals surface area contributed by atoms with Gasteiger partial charge in [-0.05, 0) is 122 Å². The lowest BCUT2D eigenvalue weighted by atomic mass is 10.0. The monoisotopic (exact) mass is 1690 g/mol. The van der Waals surface area contributed by atoms with E-state index >= 15 is 0 Å². The van der Waals surface area contributed by atoms with E-state index in [1.165, 1.54) is 43.8 Å². The number of aryl methyl sites for hydroxylation is 6. The van der Waals surface area contributed by atoms with E-state index in [2.05, 4.69) is 192 Å². The number of fused-ring (bicyclic) bond motifs is 2. The highest BCUT2D eigenvalue weighted by molar-refractivity contribution is 5.88. The molecule has 628 valence electrons. The van der Waals surface area contributed by atoms with Crippen molar-refractivity contribution in [2.24, 2.45) is 0 Å². The van der Waals surface area contributed by atoms with Crippen LogP contribution in [0.2, 0.25) is 0 Å². The summed E-state index contributed by atoms with van der Waals surface area (Å²) < 4.78 is 0. The van der Waals surface area contributed by atoms with Gasteiger partial charge in [0.15, 0.2) is 58.2 Å². The van der Waals surface area contributed by atoms with E-state index in [9.17, 15) is 0 Å². The fourth-order valence-corrected chi connectivity index (χ4v) is 14.2. The van der Waals surface area contributed by atoms with E-state index in [1.807, 2.05) is 288 Å². The second kappa shape index (κ2) is 41.8. The quantitative estimate of drug-likeness (QED) is 0.109. The van der Waals surface area contributed by atoms with Crippen molar-refractivity contribution in [3.8, 4) is 147 Å². The van der Waals surface area contributed by atoms with Crippen molar-refractivity contribution in [1.82, 2.24) is 84.7 Å². The van der Waals surface area contributed by atoms with Gasteiger partial charge in [-0.15, -0.1) is 0 Å². The minimum absolute atomic E-state index is 0.167. The highest BCUT2D eigenvalue weighted by Crippen LogP contribution is 2.33. The molecule has 0 aliphatic carbocycles. The lowest BCUT2D eigenvalue weighted by Gasteiger charge is -2.09. The zero-order valence-electron chi connectivity index (χ0n) is 72.4. The molecule has 21 rings (SSSR count). The van der Waals surface area contributed by atoms with Crippen LogP contribution >= 0.6 is 0 Å². The molecule has 0 saturated carbocycles. The van der Waals surface area contributed by atoms with Crippen molar-refractivity contribution in [1.29, 1.82) is 0 Å². The Hall–Kier alpha value is -17.5. The molecule has 0 aliphatic rings. The van der Waals surface area contributed by atoms with Crippen molar-refractivity contribution in [2.75, 3.05) is 11.5 Å². The van der Waals surface area contributed by atoms with Crippen LogP contribution in [0.25, 0.3) is 169 Å². The molecule has 0 amide bonds. The van der Waals surface area contributed by atoms with E-state index in [1.54, 1.807) is 13.1 Å². The summed E-state index contributed by atoms with van der Waals surface area (Å²) in [5.41, 5.74) is 29.4. The minimum Gasteiger partial charge on any atom is -0.368 e. The van der Waals surface area contributed by atoms with Gasteiger partial charge < -0.3 is 11.5 Å². The lowest BCUT2D eigenvalue weighted by Crippen LogP contribution is -2.03. The maximum atomic E-state index is 5.22. The highest BCUT2D eigenvalue weighted by Gasteiger charge is 2.17. The Balaban J connectivity index is 0.000000118. The number of hydrogen-bond donors (Lipinski definition) is 2. The van der Waals surface area contributed by atoms with Crippen LogP contribution in [0.15, 0.2) is 407 Å². The van der Waals surface area contributed by atoms with Crippen LogP contribution in [0.4, 0.5) is 11.9 Å². The van der Waals surface area contributed by atoms with Gasteiger partial charge in [-0.1, -0.05) is 375 Å². The molecule has 4 N–H and O–H groups in total.